The molecule has 1 aliphatic rings. The number of methoxy groups -OCH3 is 1. The first kappa shape index (κ1) is 8.30. The van der Waals surface area contributed by atoms with Gasteiger partial charge in [-0.25, -0.2) is 0 Å². The van der Waals surface area contributed by atoms with Gasteiger partial charge in [0.25, 0.3) is 0 Å². The lowest BCUT2D eigenvalue weighted by Crippen LogP contribution is -2.48. The molecule has 0 aliphatic heterocycles. The minimum Gasteiger partial charge on any atom is -0.399 e. The van der Waals surface area contributed by atoms with Gasteiger partial charge in [-0.1, -0.05) is 6.08 Å². The number of allylic oxidation sites excluding steroid dienone is 1. The molecule has 11 heavy (non-hydrogen) atoms. The monoisotopic (exact) mass is 154 g/mol. The van der Waals surface area contributed by atoms with Gasteiger partial charge in [-0.05, 0) is 19.1 Å². The zero-order valence-corrected chi connectivity index (χ0v) is 6.87. The van der Waals surface area contributed by atoms with Gasteiger partial charge < -0.3 is 16.2 Å². The summed E-state index contributed by atoms with van der Waals surface area (Å²) in [6.07, 6.45) is 5.36. The molecule has 4 N–H and O–H groups in total. The molecule has 0 bridgehead atoms. The molecule has 62 valence electrons. The molecule has 0 saturated carbocycles. The van der Waals surface area contributed by atoms with Crippen LogP contribution in [0.15, 0.2) is 23.9 Å². The summed E-state index contributed by atoms with van der Waals surface area (Å²) in [5.41, 5.74) is 11.7. The highest BCUT2D eigenvalue weighted by Crippen LogP contribution is 2.18. The minimum atomic E-state index is -0.433. The first-order valence-electron chi connectivity index (χ1n) is 3.54. The van der Waals surface area contributed by atoms with Crippen LogP contribution in [0, 0.1) is 0 Å². The number of hydrogen-bond acceptors (Lipinski definition) is 3. The average molecular weight is 154 g/mol. The number of nitrogens with two attached hydrogens (primary N) is 2. The van der Waals surface area contributed by atoms with E-state index in [0.29, 0.717) is 5.70 Å². The Labute approximate surface area is 66.7 Å². The number of rotatable bonds is 1. The van der Waals surface area contributed by atoms with Crippen molar-refractivity contribution in [2.45, 2.75) is 18.6 Å². The third-order valence-corrected chi connectivity index (χ3v) is 1.85. The first-order valence-corrected chi connectivity index (χ1v) is 3.54. The van der Waals surface area contributed by atoms with Crippen molar-refractivity contribution < 1.29 is 4.74 Å². The molecule has 0 radical (unpaired) electrons. The summed E-state index contributed by atoms with van der Waals surface area (Å²) in [6, 6.07) is 0. The Bertz CT molecular complexity index is 206. The second-order valence-electron chi connectivity index (χ2n) is 3.02. The molecule has 2 atom stereocenters. The van der Waals surface area contributed by atoms with Crippen LogP contribution >= 0.6 is 0 Å². The largest absolute Gasteiger partial charge is 0.399 e. The van der Waals surface area contributed by atoms with Crippen LogP contribution in [0.25, 0.3) is 0 Å². The van der Waals surface area contributed by atoms with E-state index >= 15 is 0 Å². The Morgan fingerprint density at radius 1 is 1.64 bits per heavy atom. The van der Waals surface area contributed by atoms with E-state index in [0.717, 1.165) is 0 Å². The van der Waals surface area contributed by atoms with E-state index in [1.807, 2.05) is 19.1 Å². The van der Waals surface area contributed by atoms with E-state index in [9.17, 15) is 0 Å². The molecule has 3 nitrogen and oxygen atoms in total. The van der Waals surface area contributed by atoms with Gasteiger partial charge in [0, 0.05) is 12.8 Å². The topological polar surface area (TPSA) is 61.3 Å². The Balaban J connectivity index is 2.84. The van der Waals surface area contributed by atoms with Crippen LogP contribution in [0.5, 0.6) is 0 Å². The van der Waals surface area contributed by atoms with Crippen LogP contribution < -0.4 is 11.5 Å². The molecule has 0 aromatic rings. The van der Waals surface area contributed by atoms with E-state index in [1.54, 1.807) is 13.2 Å². The van der Waals surface area contributed by atoms with Gasteiger partial charge in [-0.2, -0.15) is 0 Å². The van der Waals surface area contributed by atoms with Crippen molar-refractivity contribution in [1.82, 2.24) is 0 Å². The molecule has 1 aliphatic carbocycles. The Hall–Kier alpha value is -0.800. The summed E-state index contributed by atoms with van der Waals surface area (Å²) in [4.78, 5) is 0. The smallest absolute Gasteiger partial charge is 0.0987 e. The van der Waals surface area contributed by atoms with E-state index in [4.69, 9.17) is 16.2 Å². The number of hydrogen-bond donors (Lipinski definition) is 2. The molecule has 1 rings (SSSR count). The maximum absolute atomic E-state index is 5.88. The molecule has 0 aromatic carbocycles. The summed E-state index contributed by atoms with van der Waals surface area (Å²) < 4.78 is 5.14. The predicted octanol–water partition coefficient (Wildman–Crippen LogP) is 0.131. The molecular formula is C8H14N2O. The zero-order chi connectivity index (χ0) is 8.48. The first-order chi connectivity index (χ1) is 5.06. The maximum Gasteiger partial charge on any atom is 0.0987 e. The fourth-order valence-corrected chi connectivity index (χ4v) is 1.10. The molecule has 3 heteroatoms. The van der Waals surface area contributed by atoms with Crippen LogP contribution in [0.3, 0.4) is 0 Å². The van der Waals surface area contributed by atoms with Gasteiger partial charge >= 0.3 is 0 Å². The van der Waals surface area contributed by atoms with Crippen molar-refractivity contribution in [3.63, 3.8) is 0 Å². The normalized spacial score (nSPS) is 37.0. The van der Waals surface area contributed by atoms with Crippen LogP contribution in [0.1, 0.15) is 6.92 Å². The average Bonchev–Trinajstić information content (AvgIpc) is 1.94. The lowest BCUT2D eigenvalue weighted by atomic mass is 9.91. The van der Waals surface area contributed by atoms with E-state index in [1.165, 1.54) is 0 Å². The molecule has 0 amide bonds. The lowest BCUT2D eigenvalue weighted by molar-refractivity contribution is 0.0960. The second kappa shape index (κ2) is 2.68. The lowest BCUT2D eigenvalue weighted by Gasteiger charge is -2.30. The van der Waals surface area contributed by atoms with Crippen LogP contribution in [0.4, 0.5) is 0 Å². The van der Waals surface area contributed by atoms with Crippen molar-refractivity contribution in [3.05, 3.63) is 23.9 Å². The van der Waals surface area contributed by atoms with Crippen molar-refractivity contribution in [2.24, 2.45) is 11.5 Å². The third-order valence-electron chi connectivity index (χ3n) is 1.85. The summed E-state index contributed by atoms with van der Waals surface area (Å²) in [7, 11) is 1.62. The summed E-state index contributed by atoms with van der Waals surface area (Å²) in [5, 5.41) is 0. The summed E-state index contributed by atoms with van der Waals surface area (Å²) in [6.45, 7) is 1.90. The quantitative estimate of drug-likeness (QED) is 0.564. The van der Waals surface area contributed by atoms with E-state index in [2.05, 4.69) is 0 Å². The van der Waals surface area contributed by atoms with Crippen LogP contribution in [-0.2, 0) is 4.74 Å². The molecule has 2 unspecified atom stereocenters. The van der Waals surface area contributed by atoms with Crippen LogP contribution in [0.2, 0.25) is 0 Å². The van der Waals surface area contributed by atoms with Crippen molar-refractivity contribution in [2.75, 3.05) is 7.11 Å². The molecule has 0 heterocycles. The SMILES string of the molecule is COC1C=C(N)C=CC1(C)N. The van der Waals surface area contributed by atoms with Gasteiger partial charge in [0.05, 0.1) is 11.6 Å². The van der Waals surface area contributed by atoms with Gasteiger partial charge in [0.1, 0.15) is 0 Å². The van der Waals surface area contributed by atoms with Crippen LogP contribution in [-0.4, -0.2) is 18.8 Å². The van der Waals surface area contributed by atoms with E-state index in [-0.39, 0.29) is 6.10 Å². The highest BCUT2D eigenvalue weighted by atomic mass is 16.5. The highest BCUT2D eigenvalue weighted by Gasteiger charge is 2.27. The van der Waals surface area contributed by atoms with Gasteiger partial charge in [0.15, 0.2) is 0 Å². The fraction of sp³-hybridized carbons (Fsp3) is 0.500. The van der Waals surface area contributed by atoms with Gasteiger partial charge in [0.2, 0.25) is 0 Å². The molecule has 0 fully saturated rings. The fourth-order valence-electron chi connectivity index (χ4n) is 1.10. The summed E-state index contributed by atoms with van der Waals surface area (Å²) in [5.74, 6) is 0. The molecule has 0 saturated heterocycles. The Morgan fingerprint density at radius 3 is 2.73 bits per heavy atom. The highest BCUT2D eigenvalue weighted by molar-refractivity contribution is 5.29. The number of ether oxygens (including phenoxy) is 1. The molecular weight excluding hydrogens is 140 g/mol. The van der Waals surface area contributed by atoms with Gasteiger partial charge in [-0.15, -0.1) is 0 Å². The summed E-state index contributed by atoms with van der Waals surface area (Å²) >= 11 is 0. The third kappa shape index (κ3) is 1.61. The van der Waals surface area contributed by atoms with Gasteiger partial charge in [-0.3, -0.25) is 0 Å². The van der Waals surface area contributed by atoms with Crippen molar-refractivity contribution in [1.29, 1.82) is 0 Å². The molecule has 0 spiro atoms. The van der Waals surface area contributed by atoms with E-state index < -0.39 is 5.54 Å². The molecule has 0 aromatic heterocycles. The zero-order valence-electron chi connectivity index (χ0n) is 6.87. The minimum absolute atomic E-state index is 0.118. The second-order valence-corrected chi connectivity index (χ2v) is 3.02. The van der Waals surface area contributed by atoms with Crippen molar-refractivity contribution >= 4 is 0 Å². The Kier molecular flexibility index (Phi) is 2.02. The predicted molar refractivity (Wildman–Crippen MR) is 44.8 cm³/mol. The maximum atomic E-state index is 5.88. The van der Waals surface area contributed by atoms with Crippen molar-refractivity contribution in [3.8, 4) is 0 Å². The Morgan fingerprint density at radius 2 is 2.27 bits per heavy atom. The standard InChI is InChI=1S/C8H14N2O/c1-8(10)4-3-6(9)5-7(8)11-2/h3-5,7H,9-10H2,1-2H3.